The number of hydrogen-bond donors (Lipinski definition) is 1. The van der Waals surface area contributed by atoms with Gasteiger partial charge in [-0.2, -0.15) is 5.26 Å². The van der Waals surface area contributed by atoms with E-state index in [1.807, 2.05) is 13.0 Å². The van der Waals surface area contributed by atoms with Crippen LogP contribution in [0.2, 0.25) is 0 Å². The molecule has 0 fully saturated rings. The Morgan fingerprint density at radius 1 is 1.56 bits per heavy atom. The number of hydrogen-bond acceptors (Lipinski definition) is 5. The van der Waals surface area contributed by atoms with Crippen LogP contribution in [-0.4, -0.2) is 34.1 Å². The summed E-state index contributed by atoms with van der Waals surface area (Å²) in [7, 11) is 0. The lowest BCUT2D eigenvalue weighted by Crippen LogP contribution is -2.32. The fourth-order valence-corrected chi connectivity index (χ4v) is 1.33. The zero-order chi connectivity index (χ0) is 12.0. The number of carboxylic acids is 1. The van der Waals surface area contributed by atoms with Crippen molar-refractivity contribution >= 4 is 11.8 Å². The van der Waals surface area contributed by atoms with Crippen LogP contribution in [0.4, 0.5) is 5.82 Å². The highest BCUT2D eigenvalue weighted by Crippen LogP contribution is 2.13. The maximum atomic E-state index is 10.7. The van der Waals surface area contributed by atoms with Crippen molar-refractivity contribution in [2.45, 2.75) is 13.3 Å². The largest absolute Gasteiger partial charge is 0.480 e. The van der Waals surface area contributed by atoms with E-state index in [-0.39, 0.29) is 12.2 Å². The molecule has 0 radical (unpaired) electrons. The minimum Gasteiger partial charge on any atom is -0.480 e. The van der Waals surface area contributed by atoms with Gasteiger partial charge in [0.25, 0.3) is 0 Å². The molecule has 0 spiro atoms. The molecule has 0 saturated heterocycles. The number of aromatic nitrogens is 2. The summed E-state index contributed by atoms with van der Waals surface area (Å²) >= 11 is 0. The average molecular weight is 220 g/mol. The van der Waals surface area contributed by atoms with Crippen LogP contribution in [0.1, 0.15) is 19.0 Å². The molecule has 84 valence electrons. The Morgan fingerprint density at radius 2 is 2.25 bits per heavy atom. The summed E-state index contributed by atoms with van der Waals surface area (Å²) in [5, 5.41) is 17.6. The van der Waals surface area contributed by atoms with Gasteiger partial charge in [0.05, 0.1) is 0 Å². The maximum absolute atomic E-state index is 10.7. The topological polar surface area (TPSA) is 90.1 Å². The summed E-state index contributed by atoms with van der Waals surface area (Å²) in [6, 6.07) is 1.90. The van der Waals surface area contributed by atoms with Crippen LogP contribution in [0.3, 0.4) is 0 Å². The zero-order valence-electron chi connectivity index (χ0n) is 8.92. The molecule has 1 heterocycles. The van der Waals surface area contributed by atoms with Crippen molar-refractivity contribution in [1.82, 2.24) is 9.97 Å². The SMILES string of the molecule is CCCN(CC(=O)O)c1nccnc1C#N. The van der Waals surface area contributed by atoms with E-state index in [9.17, 15) is 4.79 Å². The van der Waals surface area contributed by atoms with E-state index in [0.29, 0.717) is 12.4 Å². The van der Waals surface area contributed by atoms with Gasteiger partial charge in [-0.3, -0.25) is 4.79 Å². The fourth-order valence-electron chi connectivity index (χ4n) is 1.33. The van der Waals surface area contributed by atoms with Crippen molar-refractivity contribution in [2.75, 3.05) is 18.0 Å². The molecular formula is C10H12N4O2. The second kappa shape index (κ2) is 5.66. The Bertz CT molecular complexity index is 414. The smallest absolute Gasteiger partial charge is 0.323 e. The van der Waals surface area contributed by atoms with E-state index in [1.54, 1.807) is 0 Å². The van der Waals surface area contributed by atoms with Crippen molar-refractivity contribution in [3.63, 3.8) is 0 Å². The Morgan fingerprint density at radius 3 is 2.81 bits per heavy atom. The van der Waals surface area contributed by atoms with Gasteiger partial charge in [-0.25, -0.2) is 9.97 Å². The number of nitrogens with zero attached hydrogens (tertiary/aromatic N) is 4. The number of aliphatic carboxylic acids is 1. The molecule has 6 nitrogen and oxygen atoms in total. The zero-order valence-corrected chi connectivity index (χ0v) is 8.92. The molecule has 0 atom stereocenters. The van der Waals surface area contributed by atoms with E-state index in [2.05, 4.69) is 9.97 Å². The first-order chi connectivity index (χ1) is 7.69. The summed E-state index contributed by atoms with van der Waals surface area (Å²) in [5.74, 6) is -0.628. The number of anilines is 1. The summed E-state index contributed by atoms with van der Waals surface area (Å²) < 4.78 is 0. The molecule has 0 saturated carbocycles. The highest BCUT2D eigenvalue weighted by atomic mass is 16.4. The normalized spacial score (nSPS) is 9.50. The number of nitriles is 1. The van der Waals surface area contributed by atoms with Gasteiger partial charge < -0.3 is 10.0 Å². The van der Waals surface area contributed by atoms with Crippen molar-refractivity contribution in [1.29, 1.82) is 5.26 Å². The quantitative estimate of drug-likeness (QED) is 0.783. The molecule has 0 aliphatic heterocycles. The van der Waals surface area contributed by atoms with Gasteiger partial charge >= 0.3 is 5.97 Å². The molecule has 0 unspecified atom stereocenters. The summed E-state index contributed by atoms with van der Waals surface area (Å²) in [5.41, 5.74) is 0.150. The third-order valence-corrected chi connectivity index (χ3v) is 1.90. The maximum Gasteiger partial charge on any atom is 0.323 e. The van der Waals surface area contributed by atoms with Crippen molar-refractivity contribution in [3.05, 3.63) is 18.1 Å². The highest BCUT2D eigenvalue weighted by molar-refractivity contribution is 5.73. The Kier molecular flexibility index (Phi) is 4.21. The minimum absolute atomic E-state index is 0.150. The molecule has 0 aliphatic rings. The predicted octanol–water partition coefficient (Wildman–Crippen LogP) is 0.649. The molecule has 6 heteroatoms. The second-order valence-electron chi connectivity index (χ2n) is 3.16. The third-order valence-electron chi connectivity index (χ3n) is 1.90. The molecule has 0 amide bonds. The van der Waals surface area contributed by atoms with Gasteiger partial charge in [-0.05, 0) is 6.42 Å². The molecule has 16 heavy (non-hydrogen) atoms. The van der Waals surface area contributed by atoms with E-state index < -0.39 is 5.97 Å². The second-order valence-corrected chi connectivity index (χ2v) is 3.16. The molecule has 1 rings (SSSR count). The number of carboxylic acid groups (broad SMARTS) is 1. The molecule has 1 N–H and O–H groups in total. The lowest BCUT2D eigenvalue weighted by molar-refractivity contribution is -0.135. The fraction of sp³-hybridized carbons (Fsp3) is 0.400. The number of rotatable bonds is 5. The van der Waals surface area contributed by atoms with Crippen molar-refractivity contribution in [3.8, 4) is 6.07 Å². The van der Waals surface area contributed by atoms with E-state index >= 15 is 0 Å². The van der Waals surface area contributed by atoms with Crippen LogP contribution in [-0.2, 0) is 4.79 Å². The van der Waals surface area contributed by atoms with E-state index in [4.69, 9.17) is 10.4 Å². The van der Waals surface area contributed by atoms with Crippen LogP contribution in [0.25, 0.3) is 0 Å². The van der Waals surface area contributed by atoms with E-state index in [0.717, 1.165) is 6.42 Å². The lowest BCUT2D eigenvalue weighted by Gasteiger charge is -2.20. The first-order valence-electron chi connectivity index (χ1n) is 4.87. The first kappa shape index (κ1) is 11.9. The highest BCUT2D eigenvalue weighted by Gasteiger charge is 2.15. The van der Waals surface area contributed by atoms with Crippen LogP contribution >= 0.6 is 0 Å². The van der Waals surface area contributed by atoms with Crippen molar-refractivity contribution < 1.29 is 9.90 Å². The lowest BCUT2D eigenvalue weighted by atomic mass is 10.3. The minimum atomic E-state index is -0.956. The van der Waals surface area contributed by atoms with Gasteiger partial charge in [0.1, 0.15) is 12.6 Å². The molecule has 1 aromatic heterocycles. The van der Waals surface area contributed by atoms with Crippen LogP contribution in [0.15, 0.2) is 12.4 Å². The van der Waals surface area contributed by atoms with Gasteiger partial charge in [0.2, 0.25) is 0 Å². The van der Waals surface area contributed by atoms with Gasteiger partial charge in [0, 0.05) is 18.9 Å². The van der Waals surface area contributed by atoms with Crippen molar-refractivity contribution in [2.24, 2.45) is 0 Å². The molecule has 0 bridgehead atoms. The summed E-state index contributed by atoms with van der Waals surface area (Å²) in [4.78, 5) is 20.1. The average Bonchev–Trinajstić information content (AvgIpc) is 2.28. The monoisotopic (exact) mass is 220 g/mol. The van der Waals surface area contributed by atoms with E-state index in [1.165, 1.54) is 17.3 Å². The Labute approximate surface area is 93.2 Å². The van der Waals surface area contributed by atoms with Gasteiger partial charge in [0.15, 0.2) is 11.5 Å². The van der Waals surface area contributed by atoms with Crippen LogP contribution < -0.4 is 4.90 Å². The van der Waals surface area contributed by atoms with Crippen LogP contribution in [0.5, 0.6) is 0 Å². The summed E-state index contributed by atoms with van der Waals surface area (Å²) in [6.07, 6.45) is 3.63. The predicted molar refractivity (Wildman–Crippen MR) is 56.9 cm³/mol. The van der Waals surface area contributed by atoms with Gasteiger partial charge in [-0.1, -0.05) is 6.92 Å². The molecule has 0 aliphatic carbocycles. The molecule has 1 aromatic rings. The molecule has 0 aromatic carbocycles. The van der Waals surface area contributed by atoms with Gasteiger partial charge in [-0.15, -0.1) is 0 Å². The standard InChI is InChI=1S/C10H12N4O2/c1-2-5-14(7-9(15)16)10-8(6-11)12-3-4-13-10/h3-4H,2,5,7H2,1H3,(H,15,16). The third kappa shape index (κ3) is 2.92. The summed E-state index contributed by atoms with van der Waals surface area (Å²) in [6.45, 7) is 2.28. The first-order valence-corrected chi connectivity index (χ1v) is 4.87. The Balaban J connectivity index is 3.00. The number of carbonyl (C=O) groups is 1. The Hall–Kier alpha value is -2.16. The van der Waals surface area contributed by atoms with Crippen LogP contribution in [0, 0.1) is 11.3 Å². The molecular weight excluding hydrogens is 208 g/mol.